The van der Waals surface area contributed by atoms with Crippen LogP contribution < -0.4 is 20.5 Å². The Bertz CT molecular complexity index is 1130. The second-order valence-electron chi connectivity index (χ2n) is 8.68. The molecule has 1 aliphatic carbocycles. The van der Waals surface area contributed by atoms with Crippen molar-refractivity contribution >= 4 is 22.5 Å². The molecule has 3 aromatic rings. The Morgan fingerprint density at radius 2 is 1.97 bits per heavy atom. The number of aromatic amines is 1. The molecule has 0 spiro atoms. The fraction of sp³-hybridized carbons (Fsp3) is 0.348. The maximum absolute atomic E-state index is 13.1. The fourth-order valence-electron chi connectivity index (χ4n) is 3.90. The lowest BCUT2D eigenvalue weighted by atomic mass is 9.90. The fourth-order valence-corrected chi connectivity index (χ4v) is 3.90. The van der Waals surface area contributed by atoms with Crippen LogP contribution in [0, 0.1) is 0 Å². The third-order valence-corrected chi connectivity index (χ3v) is 6.23. The van der Waals surface area contributed by atoms with Crippen LogP contribution in [0.1, 0.15) is 42.2 Å². The van der Waals surface area contributed by atoms with Gasteiger partial charge in [0.15, 0.2) is 11.5 Å². The van der Waals surface area contributed by atoms with Crippen molar-refractivity contribution in [2.45, 2.75) is 37.5 Å². The zero-order valence-electron chi connectivity index (χ0n) is 16.7. The molecule has 2 aromatic carbocycles. The van der Waals surface area contributed by atoms with Gasteiger partial charge in [-0.25, -0.2) is 0 Å². The Morgan fingerprint density at radius 3 is 2.72 bits per heavy atom. The average molecular weight is 398 g/mol. The predicted octanol–water partition coefficient (Wildman–Crippen LogP) is 4.54. The lowest BCUT2D eigenvalue weighted by molar-refractivity contribution is -0.118. The van der Waals surface area contributed by atoms with Gasteiger partial charge in [0.2, 0.25) is 12.7 Å². The number of nitrogens with one attached hydrogen (secondary N) is 2. The summed E-state index contributed by atoms with van der Waals surface area (Å²) in [4.78, 5) is 16.6. The van der Waals surface area contributed by atoms with Crippen LogP contribution in [0.4, 0.5) is 5.69 Å². The van der Waals surface area contributed by atoms with E-state index in [4.69, 9.17) is 15.2 Å². The number of carbonyl (C=O) groups is 1. The minimum absolute atomic E-state index is 0. The van der Waals surface area contributed by atoms with Crippen molar-refractivity contribution in [1.82, 2.24) is 4.98 Å². The Labute approximate surface area is 173 Å². The van der Waals surface area contributed by atoms with E-state index in [1.54, 1.807) is 0 Å². The summed E-state index contributed by atoms with van der Waals surface area (Å²) in [7, 11) is 0. The standard InChI is InChI=1S/C23H25N3O3.3H2/c1-22(2,12-24)20-10-14-9-16(4-5-17(14)26-20)25-21(27)23(7-8-23)15-3-6-18-19(11-15)29-13-28-18;;;/h3-6,9-11,26H,7-8,12-13,24H2,1-2H3,(H,25,27);3*1H. The minimum atomic E-state index is -0.485. The van der Waals surface area contributed by atoms with Crippen molar-refractivity contribution in [2.24, 2.45) is 5.73 Å². The number of hydrogen-bond acceptors (Lipinski definition) is 4. The normalized spacial score (nSPS) is 16.8. The highest BCUT2D eigenvalue weighted by Crippen LogP contribution is 2.51. The van der Waals surface area contributed by atoms with Crippen molar-refractivity contribution in [2.75, 3.05) is 18.7 Å². The van der Waals surface area contributed by atoms with Crippen LogP contribution >= 0.6 is 0 Å². The topological polar surface area (TPSA) is 89.4 Å². The third-order valence-electron chi connectivity index (χ3n) is 6.23. The summed E-state index contributed by atoms with van der Waals surface area (Å²) in [5, 5.41) is 4.18. The number of rotatable bonds is 5. The van der Waals surface area contributed by atoms with Gasteiger partial charge in [-0.05, 0) is 54.8 Å². The molecule has 6 heteroatoms. The van der Waals surface area contributed by atoms with Crippen LogP contribution in [0.3, 0.4) is 0 Å². The van der Waals surface area contributed by atoms with E-state index in [0.717, 1.165) is 46.4 Å². The molecule has 1 amide bonds. The number of H-pyrrole nitrogens is 1. The van der Waals surface area contributed by atoms with Gasteiger partial charge in [0, 0.05) is 38.5 Å². The molecule has 1 saturated carbocycles. The predicted molar refractivity (Wildman–Crippen MR) is 119 cm³/mol. The number of ether oxygens (including phenoxy) is 2. The highest BCUT2D eigenvalue weighted by atomic mass is 16.7. The summed E-state index contributed by atoms with van der Waals surface area (Å²) in [5.41, 5.74) is 9.21. The molecule has 6 nitrogen and oxygen atoms in total. The summed E-state index contributed by atoms with van der Waals surface area (Å²) >= 11 is 0. The smallest absolute Gasteiger partial charge is 0.235 e. The molecule has 0 radical (unpaired) electrons. The van der Waals surface area contributed by atoms with Gasteiger partial charge in [-0.1, -0.05) is 19.9 Å². The van der Waals surface area contributed by atoms with E-state index in [2.05, 4.69) is 30.2 Å². The summed E-state index contributed by atoms with van der Waals surface area (Å²) in [6.45, 7) is 5.02. The van der Waals surface area contributed by atoms with Crippen molar-refractivity contribution in [3.63, 3.8) is 0 Å². The first-order valence-electron chi connectivity index (χ1n) is 9.96. The molecule has 4 N–H and O–H groups in total. The van der Waals surface area contributed by atoms with Gasteiger partial charge < -0.3 is 25.5 Å². The lowest BCUT2D eigenvalue weighted by Gasteiger charge is -2.20. The Hall–Kier alpha value is -2.99. The summed E-state index contributed by atoms with van der Waals surface area (Å²) in [5.74, 6) is 1.47. The van der Waals surface area contributed by atoms with Gasteiger partial charge >= 0.3 is 0 Å². The van der Waals surface area contributed by atoms with Crippen LogP contribution in [-0.4, -0.2) is 24.2 Å². The van der Waals surface area contributed by atoms with Crippen LogP contribution in [0.5, 0.6) is 11.5 Å². The molecule has 5 rings (SSSR count). The van der Waals surface area contributed by atoms with E-state index < -0.39 is 5.41 Å². The number of nitrogens with two attached hydrogens (primary N) is 1. The quantitative estimate of drug-likeness (QED) is 0.590. The SMILES string of the molecule is CC(C)(CN)c1cc2cc(NC(=O)C3(c4ccc5c(c4)OCO5)CC3)ccc2[nH]1.[HH].[HH].[HH]. The number of carbonyl (C=O) groups excluding carboxylic acids is 1. The largest absolute Gasteiger partial charge is 0.454 e. The molecule has 156 valence electrons. The summed E-state index contributed by atoms with van der Waals surface area (Å²) < 4.78 is 10.9. The Balaban J connectivity index is 0.00000121. The van der Waals surface area contributed by atoms with E-state index in [0.29, 0.717) is 12.3 Å². The second kappa shape index (κ2) is 6.26. The van der Waals surface area contributed by atoms with Gasteiger partial charge in [-0.15, -0.1) is 0 Å². The molecule has 1 aliphatic heterocycles. The van der Waals surface area contributed by atoms with Gasteiger partial charge in [-0.2, -0.15) is 0 Å². The first kappa shape index (κ1) is 18.1. The van der Waals surface area contributed by atoms with E-state index in [-0.39, 0.29) is 22.4 Å². The third kappa shape index (κ3) is 2.95. The van der Waals surface area contributed by atoms with E-state index in [1.807, 2.05) is 36.4 Å². The van der Waals surface area contributed by atoms with Crippen molar-refractivity contribution in [1.29, 1.82) is 0 Å². The zero-order chi connectivity index (χ0) is 20.2. The molecule has 2 heterocycles. The maximum Gasteiger partial charge on any atom is 0.235 e. The number of anilines is 1. The Morgan fingerprint density at radius 1 is 1.17 bits per heavy atom. The van der Waals surface area contributed by atoms with E-state index in [1.165, 1.54) is 0 Å². The number of amides is 1. The van der Waals surface area contributed by atoms with Gasteiger partial charge in [-0.3, -0.25) is 4.79 Å². The summed E-state index contributed by atoms with van der Waals surface area (Å²) in [6, 6.07) is 13.9. The highest BCUT2D eigenvalue weighted by molar-refractivity contribution is 6.02. The number of aromatic nitrogens is 1. The van der Waals surface area contributed by atoms with Crippen LogP contribution in [-0.2, 0) is 15.6 Å². The summed E-state index contributed by atoms with van der Waals surface area (Å²) in [6.07, 6.45) is 1.67. The average Bonchev–Trinajstić information content (AvgIpc) is 3.20. The minimum Gasteiger partial charge on any atom is -0.454 e. The Kier molecular flexibility index (Phi) is 3.90. The maximum atomic E-state index is 13.1. The van der Waals surface area contributed by atoms with Gasteiger partial charge in [0.1, 0.15) is 0 Å². The molecule has 2 aliphatic rings. The number of hydrogen-bond donors (Lipinski definition) is 3. The van der Waals surface area contributed by atoms with E-state index in [9.17, 15) is 4.79 Å². The first-order valence-corrected chi connectivity index (χ1v) is 9.96. The van der Waals surface area contributed by atoms with Crippen molar-refractivity contribution < 1.29 is 18.5 Å². The van der Waals surface area contributed by atoms with Gasteiger partial charge in [0.25, 0.3) is 0 Å². The molecule has 29 heavy (non-hydrogen) atoms. The number of fused-ring (bicyclic) bond motifs is 2. The van der Waals surface area contributed by atoms with Crippen molar-refractivity contribution in [3.8, 4) is 11.5 Å². The van der Waals surface area contributed by atoms with Gasteiger partial charge in [0.05, 0.1) is 5.41 Å². The van der Waals surface area contributed by atoms with Crippen molar-refractivity contribution in [3.05, 3.63) is 53.7 Å². The second-order valence-corrected chi connectivity index (χ2v) is 8.68. The number of benzene rings is 2. The monoisotopic (exact) mass is 397 g/mol. The highest BCUT2D eigenvalue weighted by Gasteiger charge is 2.51. The van der Waals surface area contributed by atoms with E-state index >= 15 is 0 Å². The molecule has 0 bridgehead atoms. The molecule has 0 saturated heterocycles. The lowest BCUT2D eigenvalue weighted by Crippen LogP contribution is -2.28. The molecular formula is C23H31N3O3. The molecule has 0 atom stereocenters. The zero-order valence-corrected chi connectivity index (χ0v) is 16.7. The molecule has 0 unspecified atom stereocenters. The molecule has 1 fully saturated rings. The van der Waals surface area contributed by atoms with Crippen LogP contribution in [0.2, 0.25) is 0 Å². The van der Waals surface area contributed by atoms with Crippen LogP contribution in [0.15, 0.2) is 42.5 Å². The molecule has 1 aromatic heterocycles. The first-order chi connectivity index (χ1) is 13.9. The molecular weight excluding hydrogens is 366 g/mol. The van der Waals surface area contributed by atoms with Crippen LogP contribution in [0.25, 0.3) is 10.9 Å².